The number of nitro benzene ring substituents is 1. The number of Topliss-reactive ketones (excluding diaryl/α,β-unsaturated/α-hetero) is 1. The smallest absolute Gasteiger partial charge is 0.269 e. The van der Waals surface area contributed by atoms with Crippen molar-refractivity contribution < 1.29 is 9.72 Å². The molecule has 0 bridgehead atoms. The van der Waals surface area contributed by atoms with Crippen molar-refractivity contribution in [2.45, 2.75) is 18.8 Å². The van der Waals surface area contributed by atoms with Crippen molar-refractivity contribution in [3.8, 4) is 6.07 Å². The summed E-state index contributed by atoms with van der Waals surface area (Å²) < 4.78 is 0. The molecule has 110 valence electrons. The lowest BCUT2D eigenvalue weighted by molar-refractivity contribution is -0.384. The molecule has 2 aromatic rings. The molecule has 0 saturated heterocycles. The molecule has 0 spiro atoms. The minimum atomic E-state index is -1.28. The first-order valence-corrected chi connectivity index (χ1v) is 6.71. The third-order valence-electron chi connectivity index (χ3n) is 3.67. The molecule has 0 unspecified atom stereocenters. The van der Waals surface area contributed by atoms with Crippen LogP contribution in [0.25, 0.3) is 0 Å². The number of ketones is 1. The van der Waals surface area contributed by atoms with Crippen LogP contribution in [0.4, 0.5) is 5.69 Å². The molecule has 0 amide bonds. The van der Waals surface area contributed by atoms with Gasteiger partial charge in [0.2, 0.25) is 0 Å². The Hall–Kier alpha value is -3.00. The number of rotatable bonds is 5. The van der Waals surface area contributed by atoms with Crippen LogP contribution in [0.1, 0.15) is 18.1 Å². The highest BCUT2D eigenvalue weighted by Crippen LogP contribution is 2.30. The van der Waals surface area contributed by atoms with Gasteiger partial charge in [-0.3, -0.25) is 14.9 Å². The van der Waals surface area contributed by atoms with Crippen molar-refractivity contribution in [3.63, 3.8) is 0 Å². The monoisotopic (exact) mass is 294 g/mol. The number of nitrogens with zero attached hydrogens (tertiary/aromatic N) is 2. The fourth-order valence-electron chi connectivity index (χ4n) is 2.38. The molecule has 0 aliphatic heterocycles. The van der Waals surface area contributed by atoms with Crippen molar-refractivity contribution in [1.29, 1.82) is 5.26 Å². The van der Waals surface area contributed by atoms with Crippen LogP contribution in [-0.4, -0.2) is 10.7 Å². The van der Waals surface area contributed by atoms with Crippen molar-refractivity contribution >= 4 is 11.5 Å². The molecule has 0 heterocycles. The Morgan fingerprint density at radius 1 is 1.18 bits per heavy atom. The first-order valence-electron chi connectivity index (χ1n) is 6.71. The highest BCUT2D eigenvalue weighted by atomic mass is 16.6. The summed E-state index contributed by atoms with van der Waals surface area (Å²) >= 11 is 0. The molecule has 0 N–H and O–H groups in total. The zero-order valence-electron chi connectivity index (χ0n) is 12.0. The van der Waals surface area contributed by atoms with Gasteiger partial charge in [-0.1, -0.05) is 42.5 Å². The number of carbonyl (C=O) groups excluding carboxylic acids is 1. The van der Waals surface area contributed by atoms with Gasteiger partial charge in [0.15, 0.2) is 5.78 Å². The van der Waals surface area contributed by atoms with Gasteiger partial charge in [-0.2, -0.15) is 5.26 Å². The Morgan fingerprint density at radius 3 is 2.23 bits per heavy atom. The molecule has 1 atom stereocenters. The predicted molar refractivity (Wildman–Crippen MR) is 81.2 cm³/mol. The Labute approximate surface area is 128 Å². The highest BCUT2D eigenvalue weighted by Gasteiger charge is 2.37. The summed E-state index contributed by atoms with van der Waals surface area (Å²) in [7, 11) is 0. The van der Waals surface area contributed by atoms with E-state index in [-0.39, 0.29) is 17.9 Å². The average molecular weight is 294 g/mol. The molecule has 0 aliphatic carbocycles. The second kappa shape index (κ2) is 6.19. The molecule has 0 aromatic heterocycles. The number of nitro groups is 1. The van der Waals surface area contributed by atoms with E-state index in [0.717, 1.165) is 0 Å². The topological polar surface area (TPSA) is 84.0 Å². The molecule has 2 aromatic carbocycles. The fourth-order valence-corrected chi connectivity index (χ4v) is 2.38. The van der Waals surface area contributed by atoms with Crippen molar-refractivity contribution in [3.05, 3.63) is 75.8 Å². The Bertz CT molecular complexity index is 733. The summed E-state index contributed by atoms with van der Waals surface area (Å²) in [6.07, 6.45) is 0.181. The first kappa shape index (κ1) is 15.4. The van der Waals surface area contributed by atoms with Gasteiger partial charge in [-0.15, -0.1) is 0 Å². The van der Waals surface area contributed by atoms with Crippen LogP contribution in [0.3, 0.4) is 0 Å². The molecule has 0 radical (unpaired) electrons. The van der Waals surface area contributed by atoms with Gasteiger partial charge in [-0.05, 0) is 18.1 Å². The van der Waals surface area contributed by atoms with E-state index in [0.29, 0.717) is 11.1 Å². The Balaban J connectivity index is 2.42. The maximum absolute atomic E-state index is 12.1. The van der Waals surface area contributed by atoms with E-state index >= 15 is 0 Å². The SMILES string of the molecule is CC(=O)[C@](C#N)(Cc1ccc([N+](=O)[O-])cc1)c1ccccc1. The van der Waals surface area contributed by atoms with Gasteiger partial charge in [-0.25, -0.2) is 0 Å². The molecule has 5 nitrogen and oxygen atoms in total. The van der Waals surface area contributed by atoms with Crippen LogP contribution in [0.15, 0.2) is 54.6 Å². The lowest BCUT2D eigenvalue weighted by Gasteiger charge is -2.24. The van der Waals surface area contributed by atoms with Gasteiger partial charge in [0, 0.05) is 18.6 Å². The Morgan fingerprint density at radius 2 is 1.77 bits per heavy atom. The van der Waals surface area contributed by atoms with Crippen LogP contribution in [0, 0.1) is 21.4 Å². The first-order chi connectivity index (χ1) is 10.5. The van der Waals surface area contributed by atoms with Gasteiger partial charge >= 0.3 is 0 Å². The van der Waals surface area contributed by atoms with Gasteiger partial charge in [0.1, 0.15) is 5.41 Å². The van der Waals surface area contributed by atoms with E-state index in [1.54, 1.807) is 36.4 Å². The van der Waals surface area contributed by atoms with E-state index < -0.39 is 10.3 Å². The normalized spacial score (nSPS) is 12.9. The lowest BCUT2D eigenvalue weighted by Crippen LogP contribution is -2.35. The second-order valence-electron chi connectivity index (χ2n) is 5.04. The summed E-state index contributed by atoms with van der Waals surface area (Å²) in [5.74, 6) is -0.250. The molecule has 0 saturated carbocycles. The maximum Gasteiger partial charge on any atom is 0.269 e. The van der Waals surface area contributed by atoms with Crippen molar-refractivity contribution in [1.82, 2.24) is 0 Å². The quantitative estimate of drug-likeness (QED) is 0.626. The van der Waals surface area contributed by atoms with Crippen LogP contribution in [0.5, 0.6) is 0 Å². The van der Waals surface area contributed by atoms with Crippen LogP contribution < -0.4 is 0 Å². The van der Waals surface area contributed by atoms with E-state index in [4.69, 9.17) is 0 Å². The van der Waals surface area contributed by atoms with E-state index in [9.17, 15) is 20.2 Å². The number of non-ortho nitro benzene ring substituents is 1. The summed E-state index contributed by atoms with van der Waals surface area (Å²) in [4.78, 5) is 22.3. The summed E-state index contributed by atoms with van der Waals surface area (Å²) in [5.41, 5.74) is 0.0283. The second-order valence-corrected chi connectivity index (χ2v) is 5.04. The number of nitriles is 1. The molecule has 0 aliphatic rings. The lowest BCUT2D eigenvalue weighted by atomic mass is 9.74. The van der Waals surface area contributed by atoms with E-state index in [1.165, 1.54) is 19.1 Å². The fraction of sp³-hybridized carbons (Fsp3) is 0.176. The largest absolute Gasteiger partial charge is 0.298 e. The highest BCUT2D eigenvalue weighted by molar-refractivity contribution is 5.91. The van der Waals surface area contributed by atoms with Crippen LogP contribution in [-0.2, 0) is 16.6 Å². The van der Waals surface area contributed by atoms with Gasteiger partial charge < -0.3 is 0 Å². The molecule has 5 heteroatoms. The summed E-state index contributed by atoms with van der Waals surface area (Å²) in [6, 6.07) is 16.9. The molecule has 2 rings (SSSR count). The molecular weight excluding hydrogens is 280 g/mol. The Kier molecular flexibility index (Phi) is 4.33. The van der Waals surface area contributed by atoms with Crippen molar-refractivity contribution in [2.75, 3.05) is 0 Å². The molecule has 22 heavy (non-hydrogen) atoms. The number of benzene rings is 2. The third kappa shape index (κ3) is 2.86. The number of hydrogen-bond donors (Lipinski definition) is 0. The van der Waals surface area contributed by atoms with Gasteiger partial charge in [0.25, 0.3) is 5.69 Å². The average Bonchev–Trinajstić information content (AvgIpc) is 2.53. The summed E-state index contributed by atoms with van der Waals surface area (Å²) in [6.45, 7) is 1.39. The molecule has 0 fully saturated rings. The molecular formula is C17H14N2O3. The van der Waals surface area contributed by atoms with Crippen LogP contribution in [0.2, 0.25) is 0 Å². The summed E-state index contributed by atoms with van der Waals surface area (Å²) in [5, 5.41) is 20.3. The van der Waals surface area contributed by atoms with E-state index in [1.807, 2.05) is 6.07 Å². The zero-order chi connectivity index (χ0) is 16.2. The van der Waals surface area contributed by atoms with Gasteiger partial charge in [0.05, 0.1) is 11.0 Å². The number of hydrogen-bond acceptors (Lipinski definition) is 4. The predicted octanol–water partition coefficient (Wildman–Crippen LogP) is 3.19. The van der Waals surface area contributed by atoms with E-state index in [2.05, 4.69) is 6.07 Å². The maximum atomic E-state index is 12.1. The van der Waals surface area contributed by atoms with Crippen molar-refractivity contribution in [2.24, 2.45) is 0 Å². The standard InChI is InChI=1S/C17H14N2O3/c1-13(20)17(12-18,15-5-3-2-4-6-15)11-14-7-9-16(10-8-14)19(21)22/h2-10H,11H2,1H3/t17-/m1/s1. The third-order valence-corrected chi connectivity index (χ3v) is 3.67. The minimum absolute atomic E-state index is 0.0196. The van der Waals surface area contributed by atoms with Crippen LogP contribution >= 0.6 is 0 Å². The zero-order valence-corrected chi connectivity index (χ0v) is 12.0. The number of carbonyl (C=O) groups is 1. The minimum Gasteiger partial charge on any atom is -0.298 e.